The zero-order chi connectivity index (χ0) is 15.2. The van der Waals surface area contributed by atoms with Crippen LogP contribution < -0.4 is 5.32 Å². The van der Waals surface area contributed by atoms with Gasteiger partial charge < -0.3 is 10.1 Å². The molecule has 0 fully saturated rings. The fourth-order valence-corrected chi connectivity index (χ4v) is 2.10. The van der Waals surface area contributed by atoms with Gasteiger partial charge in [-0.3, -0.25) is 0 Å². The summed E-state index contributed by atoms with van der Waals surface area (Å²) in [5.41, 5.74) is 3.16. The van der Waals surface area contributed by atoms with Gasteiger partial charge in [0, 0.05) is 0 Å². The molecule has 5 heteroatoms. The van der Waals surface area contributed by atoms with Crippen LogP contribution in [0, 0.1) is 13.8 Å². The van der Waals surface area contributed by atoms with E-state index in [-0.39, 0.29) is 12.6 Å². The highest BCUT2D eigenvalue weighted by Gasteiger charge is 2.28. The summed E-state index contributed by atoms with van der Waals surface area (Å²) in [5.74, 6) is 0. The molecule has 0 spiro atoms. The Morgan fingerprint density at radius 1 is 1.15 bits per heavy atom. The zero-order valence-corrected chi connectivity index (χ0v) is 12.2. The van der Waals surface area contributed by atoms with Crippen molar-refractivity contribution in [2.45, 2.75) is 39.4 Å². The number of alkyl halides is 3. The first-order chi connectivity index (χ1) is 9.31. The Morgan fingerprint density at radius 2 is 1.75 bits per heavy atom. The lowest BCUT2D eigenvalue weighted by atomic mass is 10.0. The number of nitrogens with one attached hydrogen (secondary N) is 1. The molecule has 0 radical (unpaired) electrons. The van der Waals surface area contributed by atoms with Gasteiger partial charge in [-0.25, -0.2) is 0 Å². The van der Waals surface area contributed by atoms with Crippen LogP contribution in [0.1, 0.15) is 36.1 Å². The van der Waals surface area contributed by atoms with Crippen LogP contribution in [0.2, 0.25) is 0 Å². The third-order valence-corrected chi connectivity index (χ3v) is 2.84. The summed E-state index contributed by atoms with van der Waals surface area (Å²) in [6, 6.07) is 5.79. The molecule has 1 atom stereocenters. The molecule has 1 N–H and O–H groups in total. The lowest BCUT2D eigenvalue weighted by Gasteiger charge is -2.20. The summed E-state index contributed by atoms with van der Waals surface area (Å²) in [4.78, 5) is 0. The standard InChI is InChI=1S/C15H22F3NO/c1-4-5-19-14(9-20-10-15(16,17)18)13-7-11(2)6-12(3)8-13/h6-8,14,19H,4-5,9-10H2,1-3H3. The Bertz CT molecular complexity index is 398. The van der Waals surface area contributed by atoms with E-state index in [4.69, 9.17) is 4.74 Å². The number of benzene rings is 1. The molecule has 1 aromatic carbocycles. The maximum Gasteiger partial charge on any atom is 0.411 e. The average molecular weight is 289 g/mol. The van der Waals surface area contributed by atoms with Crippen LogP contribution in [0.4, 0.5) is 13.2 Å². The summed E-state index contributed by atoms with van der Waals surface area (Å²) in [7, 11) is 0. The molecule has 1 unspecified atom stereocenters. The maximum absolute atomic E-state index is 12.1. The minimum atomic E-state index is -4.28. The molecule has 0 saturated heterocycles. The van der Waals surface area contributed by atoms with E-state index in [0.29, 0.717) is 0 Å². The van der Waals surface area contributed by atoms with Crippen molar-refractivity contribution in [1.29, 1.82) is 0 Å². The molecule has 0 aliphatic carbocycles. The first-order valence-electron chi connectivity index (χ1n) is 6.78. The molecular formula is C15H22F3NO. The van der Waals surface area contributed by atoms with Crippen molar-refractivity contribution in [3.05, 3.63) is 34.9 Å². The van der Waals surface area contributed by atoms with E-state index in [2.05, 4.69) is 5.32 Å². The first-order valence-corrected chi connectivity index (χ1v) is 6.78. The van der Waals surface area contributed by atoms with Gasteiger partial charge in [-0.1, -0.05) is 36.2 Å². The molecule has 0 aliphatic rings. The van der Waals surface area contributed by atoms with Gasteiger partial charge in [0.25, 0.3) is 0 Å². The van der Waals surface area contributed by atoms with E-state index < -0.39 is 12.8 Å². The predicted octanol–water partition coefficient (Wildman–Crippen LogP) is 3.92. The second kappa shape index (κ2) is 7.64. The highest BCUT2D eigenvalue weighted by Crippen LogP contribution is 2.20. The van der Waals surface area contributed by atoms with Gasteiger partial charge in [-0.2, -0.15) is 13.2 Å². The van der Waals surface area contributed by atoms with Crippen LogP contribution in [0.15, 0.2) is 18.2 Å². The number of halogens is 3. The van der Waals surface area contributed by atoms with Crippen molar-refractivity contribution in [1.82, 2.24) is 5.32 Å². The summed E-state index contributed by atoms with van der Waals surface area (Å²) in [6.07, 6.45) is -3.36. The molecule has 0 aliphatic heterocycles. The van der Waals surface area contributed by atoms with Gasteiger partial charge in [0.2, 0.25) is 0 Å². The van der Waals surface area contributed by atoms with Gasteiger partial charge >= 0.3 is 6.18 Å². The van der Waals surface area contributed by atoms with Crippen LogP contribution in [0.5, 0.6) is 0 Å². The van der Waals surface area contributed by atoms with E-state index in [0.717, 1.165) is 29.7 Å². The fourth-order valence-electron chi connectivity index (χ4n) is 2.10. The molecule has 1 rings (SSSR count). The number of rotatable bonds is 7. The summed E-state index contributed by atoms with van der Waals surface area (Å²) >= 11 is 0. The number of hydrogen-bond acceptors (Lipinski definition) is 2. The van der Waals surface area contributed by atoms with E-state index in [1.54, 1.807) is 0 Å². The second-order valence-electron chi connectivity index (χ2n) is 5.06. The van der Waals surface area contributed by atoms with Gasteiger partial charge in [-0.05, 0) is 32.4 Å². The normalized spacial score (nSPS) is 13.5. The van der Waals surface area contributed by atoms with Gasteiger partial charge in [0.1, 0.15) is 6.61 Å². The van der Waals surface area contributed by atoms with E-state index in [9.17, 15) is 13.2 Å². The Kier molecular flexibility index (Phi) is 6.49. The average Bonchev–Trinajstić information content (AvgIpc) is 2.30. The number of hydrogen-bond donors (Lipinski definition) is 1. The second-order valence-corrected chi connectivity index (χ2v) is 5.06. The smallest absolute Gasteiger partial charge is 0.370 e. The molecule has 20 heavy (non-hydrogen) atoms. The van der Waals surface area contributed by atoms with E-state index in [1.807, 2.05) is 39.0 Å². The van der Waals surface area contributed by atoms with Crippen LogP contribution in [-0.4, -0.2) is 25.9 Å². The van der Waals surface area contributed by atoms with Crippen molar-refractivity contribution in [2.75, 3.05) is 19.8 Å². The first kappa shape index (κ1) is 17.0. The SMILES string of the molecule is CCCNC(COCC(F)(F)F)c1cc(C)cc(C)c1. The Labute approximate surface area is 118 Å². The van der Waals surface area contributed by atoms with Crippen LogP contribution in [0.3, 0.4) is 0 Å². The fraction of sp³-hybridized carbons (Fsp3) is 0.600. The molecule has 1 aromatic rings. The molecular weight excluding hydrogens is 267 g/mol. The van der Waals surface area contributed by atoms with E-state index in [1.165, 1.54) is 0 Å². The monoisotopic (exact) mass is 289 g/mol. The Balaban J connectivity index is 2.72. The third kappa shape index (κ3) is 6.39. The highest BCUT2D eigenvalue weighted by molar-refractivity contribution is 5.30. The van der Waals surface area contributed by atoms with E-state index >= 15 is 0 Å². The molecule has 0 saturated carbocycles. The van der Waals surface area contributed by atoms with Crippen molar-refractivity contribution < 1.29 is 17.9 Å². The third-order valence-electron chi connectivity index (χ3n) is 2.84. The summed E-state index contributed by atoms with van der Waals surface area (Å²) in [5, 5.41) is 3.23. The Hall–Kier alpha value is -1.07. The molecule has 0 bridgehead atoms. The summed E-state index contributed by atoms with van der Waals surface area (Å²) < 4.78 is 41.2. The van der Waals surface area contributed by atoms with Crippen LogP contribution in [-0.2, 0) is 4.74 Å². The van der Waals surface area contributed by atoms with Gasteiger partial charge in [0.15, 0.2) is 0 Å². The molecule has 0 aromatic heterocycles. The quantitative estimate of drug-likeness (QED) is 0.821. The van der Waals surface area contributed by atoms with Crippen LogP contribution >= 0.6 is 0 Å². The number of ether oxygens (including phenoxy) is 1. The van der Waals surface area contributed by atoms with Gasteiger partial charge in [-0.15, -0.1) is 0 Å². The minimum Gasteiger partial charge on any atom is -0.370 e. The molecule has 2 nitrogen and oxygen atoms in total. The van der Waals surface area contributed by atoms with Crippen molar-refractivity contribution >= 4 is 0 Å². The van der Waals surface area contributed by atoms with Crippen molar-refractivity contribution in [2.24, 2.45) is 0 Å². The largest absolute Gasteiger partial charge is 0.411 e. The zero-order valence-electron chi connectivity index (χ0n) is 12.2. The predicted molar refractivity (Wildman–Crippen MR) is 73.8 cm³/mol. The maximum atomic E-state index is 12.1. The lowest BCUT2D eigenvalue weighted by Crippen LogP contribution is -2.28. The highest BCUT2D eigenvalue weighted by atomic mass is 19.4. The van der Waals surface area contributed by atoms with Crippen LogP contribution in [0.25, 0.3) is 0 Å². The topological polar surface area (TPSA) is 21.3 Å². The summed E-state index contributed by atoms with van der Waals surface area (Å²) in [6.45, 7) is 5.52. The molecule has 0 heterocycles. The Morgan fingerprint density at radius 3 is 2.25 bits per heavy atom. The minimum absolute atomic E-state index is 0.0163. The van der Waals surface area contributed by atoms with Crippen molar-refractivity contribution in [3.63, 3.8) is 0 Å². The molecule has 0 amide bonds. The molecule has 114 valence electrons. The van der Waals surface area contributed by atoms with Gasteiger partial charge in [0.05, 0.1) is 12.6 Å². The number of aryl methyl sites for hydroxylation is 2. The van der Waals surface area contributed by atoms with Crippen molar-refractivity contribution in [3.8, 4) is 0 Å². The lowest BCUT2D eigenvalue weighted by molar-refractivity contribution is -0.175.